The second kappa shape index (κ2) is 9.42. The van der Waals surface area contributed by atoms with Gasteiger partial charge in [0, 0.05) is 37.0 Å². The molecule has 2 fully saturated rings. The lowest BCUT2D eigenvalue weighted by Gasteiger charge is -2.26. The van der Waals surface area contributed by atoms with E-state index in [2.05, 4.69) is 30.7 Å². The summed E-state index contributed by atoms with van der Waals surface area (Å²) in [7, 11) is 1.65. The van der Waals surface area contributed by atoms with Crippen molar-refractivity contribution in [3.63, 3.8) is 0 Å². The van der Waals surface area contributed by atoms with Gasteiger partial charge in [-0.15, -0.1) is 21.5 Å². The predicted octanol–water partition coefficient (Wildman–Crippen LogP) is 3.14. The van der Waals surface area contributed by atoms with Gasteiger partial charge in [0.15, 0.2) is 5.82 Å². The lowest BCUT2D eigenvalue weighted by molar-refractivity contribution is -0.117. The van der Waals surface area contributed by atoms with Gasteiger partial charge in [-0.1, -0.05) is 0 Å². The fraction of sp³-hybridized carbons (Fsp3) is 0.652. The third-order valence-electron chi connectivity index (χ3n) is 6.64. The number of carbonyl (C=O) groups is 2. The van der Waals surface area contributed by atoms with Crippen LogP contribution < -0.4 is 16.0 Å². The number of ether oxygens (including phenoxy) is 1. The normalized spacial score (nSPS) is 19.8. The highest BCUT2D eigenvalue weighted by atomic mass is 32.1. The van der Waals surface area contributed by atoms with Crippen LogP contribution in [0.1, 0.15) is 71.7 Å². The molecule has 1 atom stereocenters. The van der Waals surface area contributed by atoms with Gasteiger partial charge in [-0.3, -0.25) is 14.2 Å². The molecule has 0 spiro atoms. The molecule has 3 N–H and O–H groups in total. The number of methoxy groups -OCH3 is 1. The van der Waals surface area contributed by atoms with E-state index in [4.69, 9.17) is 4.74 Å². The van der Waals surface area contributed by atoms with Gasteiger partial charge in [0.05, 0.1) is 5.56 Å². The number of aryl methyl sites for hydroxylation is 1. The van der Waals surface area contributed by atoms with E-state index in [1.165, 1.54) is 17.7 Å². The zero-order valence-corrected chi connectivity index (χ0v) is 20.1. The van der Waals surface area contributed by atoms with E-state index >= 15 is 0 Å². The van der Waals surface area contributed by atoms with Crippen molar-refractivity contribution >= 4 is 34.1 Å². The molecule has 1 unspecified atom stereocenters. The van der Waals surface area contributed by atoms with E-state index in [1.807, 2.05) is 6.92 Å². The van der Waals surface area contributed by atoms with Gasteiger partial charge < -0.3 is 20.7 Å². The fourth-order valence-electron chi connectivity index (χ4n) is 4.53. The second-order valence-electron chi connectivity index (χ2n) is 9.29. The molecule has 10 heteroatoms. The first-order valence-corrected chi connectivity index (χ1v) is 12.8. The molecule has 3 aliphatic carbocycles. The molecule has 33 heavy (non-hydrogen) atoms. The molecule has 2 aromatic rings. The number of aromatic nitrogens is 3. The van der Waals surface area contributed by atoms with Crippen molar-refractivity contribution in [3.05, 3.63) is 21.8 Å². The molecular formula is C23H32N6O3S. The Kier molecular flexibility index (Phi) is 6.38. The predicted molar refractivity (Wildman–Crippen MR) is 127 cm³/mol. The topological polar surface area (TPSA) is 110 Å². The minimum Gasteiger partial charge on any atom is -0.377 e. The Bertz CT molecular complexity index is 1020. The van der Waals surface area contributed by atoms with Crippen LogP contribution in [0.2, 0.25) is 0 Å². The molecule has 2 amide bonds. The van der Waals surface area contributed by atoms with Crippen molar-refractivity contribution in [1.29, 1.82) is 0 Å². The van der Waals surface area contributed by atoms with E-state index in [1.54, 1.807) is 18.4 Å². The highest BCUT2D eigenvalue weighted by molar-refractivity contribution is 7.17. The smallest absolute Gasteiger partial charge is 0.254 e. The number of fused-ring (bicyclic) bond motifs is 1. The molecular weight excluding hydrogens is 440 g/mol. The molecule has 3 aliphatic rings. The summed E-state index contributed by atoms with van der Waals surface area (Å²) in [4.78, 5) is 27.0. The van der Waals surface area contributed by atoms with Crippen molar-refractivity contribution in [2.75, 3.05) is 30.8 Å². The number of nitrogens with zero attached hydrogens (tertiary/aromatic N) is 3. The minimum absolute atomic E-state index is 0.0389. The Hall–Kier alpha value is -2.46. The zero-order chi connectivity index (χ0) is 22.9. The monoisotopic (exact) mass is 472 g/mol. The largest absolute Gasteiger partial charge is 0.377 e. The molecule has 0 saturated heterocycles. The number of carbonyl (C=O) groups excluding carboxylic acids is 2. The Morgan fingerprint density at radius 2 is 2.00 bits per heavy atom. The highest BCUT2D eigenvalue weighted by Crippen LogP contribution is 2.43. The Morgan fingerprint density at radius 1 is 1.18 bits per heavy atom. The summed E-state index contributed by atoms with van der Waals surface area (Å²) in [6.07, 6.45) is 6.70. The summed E-state index contributed by atoms with van der Waals surface area (Å²) < 4.78 is 7.48. The summed E-state index contributed by atoms with van der Waals surface area (Å²) in [5.74, 6) is 2.16. The maximum absolute atomic E-state index is 13.3. The van der Waals surface area contributed by atoms with Gasteiger partial charge >= 0.3 is 0 Å². The van der Waals surface area contributed by atoms with Crippen molar-refractivity contribution in [1.82, 2.24) is 20.1 Å². The van der Waals surface area contributed by atoms with Crippen molar-refractivity contribution in [3.8, 4) is 0 Å². The highest BCUT2D eigenvalue weighted by Gasteiger charge is 2.35. The maximum Gasteiger partial charge on any atom is 0.254 e. The molecule has 0 radical (unpaired) electrons. The lowest BCUT2D eigenvalue weighted by atomic mass is 9.90. The number of hydrogen-bond donors (Lipinski definition) is 3. The van der Waals surface area contributed by atoms with Crippen molar-refractivity contribution in [2.45, 2.75) is 64.5 Å². The maximum atomic E-state index is 13.3. The van der Waals surface area contributed by atoms with E-state index in [0.29, 0.717) is 36.1 Å². The van der Waals surface area contributed by atoms with Crippen LogP contribution in [-0.4, -0.2) is 46.8 Å². The Labute approximate surface area is 197 Å². The van der Waals surface area contributed by atoms with Gasteiger partial charge in [-0.25, -0.2) is 0 Å². The molecule has 2 heterocycles. The van der Waals surface area contributed by atoms with Crippen LogP contribution in [0.5, 0.6) is 0 Å². The lowest BCUT2D eigenvalue weighted by Crippen LogP contribution is -2.29. The van der Waals surface area contributed by atoms with Gasteiger partial charge in [-0.05, 0) is 63.4 Å². The quantitative estimate of drug-likeness (QED) is 0.490. The number of amides is 2. The first-order chi connectivity index (χ1) is 16.1. The van der Waals surface area contributed by atoms with Crippen molar-refractivity contribution in [2.24, 2.45) is 11.8 Å². The molecule has 2 aromatic heterocycles. The van der Waals surface area contributed by atoms with Crippen LogP contribution in [0.3, 0.4) is 0 Å². The van der Waals surface area contributed by atoms with Gasteiger partial charge in [0.2, 0.25) is 11.9 Å². The molecule has 5 rings (SSSR count). The molecule has 0 aliphatic heterocycles. The molecule has 0 bridgehead atoms. The van der Waals surface area contributed by atoms with Gasteiger partial charge in [0.25, 0.3) is 5.91 Å². The number of nitrogens with one attached hydrogen (secondary N) is 3. The van der Waals surface area contributed by atoms with Crippen LogP contribution in [0.15, 0.2) is 0 Å². The summed E-state index contributed by atoms with van der Waals surface area (Å²) in [6, 6.07) is 0.114. The van der Waals surface area contributed by atoms with Crippen LogP contribution in [-0.2, 0) is 29.0 Å². The first kappa shape index (κ1) is 22.3. The Morgan fingerprint density at radius 3 is 2.70 bits per heavy atom. The SMILES string of the molecule is CCNc1nnc(COC)n1C1CCc2sc(NC(=O)C3CC3)c(C(=O)NCC3CC3)c2C1. The fourth-order valence-corrected chi connectivity index (χ4v) is 5.78. The van der Waals surface area contributed by atoms with E-state index < -0.39 is 0 Å². The van der Waals surface area contributed by atoms with Gasteiger partial charge in [0.1, 0.15) is 11.6 Å². The average molecular weight is 473 g/mol. The first-order valence-electron chi connectivity index (χ1n) is 12.0. The summed E-state index contributed by atoms with van der Waals surface area (Å²) >= 11 is 1.57. The Balaban J connectivity index is 1.45. The number of hydrogen-bond acceptors (Lipinski definition) is 7. The standard InChI is InChI=1S/C23H32N6O3S/c1-3-24-23-28-27-18(12-32-2)29(23)15-8-9-17-16(10-15)19(21(31)25-11-13-4-5-13)22(33-17)26-20(30)14-6-7-14/h13-15H,3-12H2,1-2H3,(H,24,28)(H,25,31)(H,26,30). The molecule has 2 saturated carbocycles. The van der Waals surface area contributed by atoms with Crippen LogP contribution >= 0.6 is 11.3 Å². The molecule has 178 valence electrons. The number of anilines is 2. The second-order valence-corrected chi connectivity index (χ2v) is 10.4. The molecule has 9 nitrogen and oxygen atoms in total. The summed E-state index contributed by atoms with van der Waals surface area (Å²) in [6.45, 7) is 3.86. The number of rotatable bonds is 10. The average Bonchev–Trinajstić information content (AvgIpc) is 3.73. The summed E-state index contributed by atoms with van der Waals surface area (Å²) in [5, 5.41) is 18.9. The van der Waals surface area contributed by atoms with Crippen LogP contribution in [0.4, 0.5) is 10.9 Å². The minimum atomic E-state index is -0.0704. The van der Waals surface area contributed by atoms with Crippen LogP contribution in [0.25, 0.3) is 0 Å². The summed E-state index contributed by atoms with van der Waals surface area (Å²) in [5.41, 5.74) is 1.70. The molecule has 0 aromatic carbocycles. The van der Waals surface area contributed by atoms with Gasteiger partial charge in [-0.2, -0.15) is 0 Å². The van der Waals surface area contributed by atoms with E-state index in [9.17, 15) is 9.59 Å². The van der Waals surface area contributed by atoms with E-state index in [0.717, 1.165) is 49.6 Å². The van der Waals surface area contributed by atoms with Crippen molar-refractivity contribution < 1.29 is 14.3 Å². The number of thiophene rings is 1. The third-order valence-corrected chi connectivity index (χ3v) is 7.84. The zero-order valence-electron chi connectivity index (χ0n) is 19.3. The van der Waals surface area contributed by atoms with Crippen LogP contribution in [0, 0.1) is 11.8 Å². The van der Waals surface area contributed by atoms with E-state index in [-0.39, 0.29) is 23.8 Å². The third kappa shape index (κ3) is 4.77.